The van der Waals surface area contributed by atoms with Crippen LogP contribution in [0.5, 0.6) is 0 Å². The molecule has 2 bridgehead atoms. The van der Waals surface area contributed by atoms with Crippen molar-refractivity contribution in [3.05, 3.63) is 15.1 Å². The minimum atomic E-state index is 0.459. The van der Waals surface area contributed by atoms with Crippen molar-refractivity contribution in [2.45, 2.75) is 24.9 Å². The summed E-state index contributed by atoms with van der Waals surface area (Å²) in [7, 11) is 0. The van der Waals surface area contributed by atoms with E-state index in [0.717, 1.165) is 19.0 Å². The molecule has 1 aromatic rings. The zero-order valence-electron chi connectivity index (χ0n) is 8.57. The van der Waals surface area contributed by atoms with Crippen molar-refractivity contribution in [2.24, 2.45) is 0 Å². The highest BCUT2D eigenvalue weighted by Crippen LogP contribution is 2.33. The minimum Gasteiger partial charge on any atom is -0.377 e. The van der Waals surface area contributed by atoms with Crippen LogP contribution >= 0.6 is 34.2 Å². The lowest BCUT2D eigenvalue weighted by Gasteiger charge is -2.35. The fraction of sp³-hybridized carbons (Fsp3) is 0.600. The fourth-order valence-electron chi connectivity index (χ4n) is 2.51. The molecule has 0 spiro atoms. The molecule has 2 atom stereocenters. The maximum atomic E-state index is 5.97. The molecule has 3 rings (SSSR count). The standard InChI is InChI=1S/C10H11ClIN3O/c11-8-3-9(14-10(12)13-8)15-6-1-2-7(15)5-16-4-6/h3,6-7H,1-2,4-5H2. The predicted octanol–water partition coefficient (Wildman–Crippen LogP) is 2.10. The molecule has 0 radical (unpaired) electrons. The van der Waals surface area contributed by atoms with Gasteiger partial charge in [0.25, 0.3) is 0 Å². The van der Waals surface area contributed by atoms with Gasteiger partial charge in [-0.05, 0) is 12.8 Å². The van der Waals surface area contributed by atoms with E-state index in [1.807, 2.05) is 6.07 Å². The van der Waals surface area contributed by atoms with Crippen molar-refractivity contribution >= 4 is 40.0 Å². The molecular formula is C10H11ClIN3O. The van der Waals surface area contributed by atoms with Gasteiger partial charge in [0.15, 0.2) is 3.83 Å². The molecule has 0 N–H and O–H groups in total. The van der Waals surface area contributed by atoms with Gasteiger partial charge >= 0.3 is 0 Å². The SMILES string of the molecule is Clc1cc(N2C3CCC2COC3)nc(I)n1. The summed E-state index contributed by atoms with van der Waals surface area (Å²) in [6.07, 6.45) is 2.37. The molecule has 6 heteroatoms. The lowest BCUT2D eigenvalue weighted by atomic mass is 10.2. The second-order valence-corrected chi connectivity index (χ2v) is 5.50. The molecule has 86 valence electrons. The van der Waals surface area contributed by atoms with E-state index in [4.69, 9.17) is 16.3 Å². The largest absolute Gasteiger partial charge is 0.377 e. The predicted molar refractivity (Wildman–Crippen MR) is 69.9 cm³/mol. The van der Waals surface area contributed by atoms with Crippen molar-refractivity contribution in [1.29, 1.82) is 0 Å². The smallest absolute Gasteiger partial charge is 0.194 e. The first-order chi connectivity index (χ1) is 7.74. The summed E-state index contributed by atoms with van der Waals surface area (Å²) in [5.41, 5.74) is 0. The maximum absolute atomic E-state index is 5.97. The number of nitrogens with zero attached hydrogens (tertiary/aromatic N) is 3. The Hall–Kier alpha value is -0.140. The van der Waals surface area contributed by atoms with Gasteiger partial charge in [-0.25, -0.2) is 9.97 Å². The number of anilines is 1. The summed E-state index contributed by atoms with van der Waals surface area (Å²) in [6, 6.07) is 2.77. The Morgan fingerprint density at radius 1 is 1.31 bits per heavy atom. The number of hydrogen-bond acceptors (Lipinski definition) is 4. The van der Waals surface area contributed by atoms with E-state index in [-0.39, 0.29) is 0 Å². The normalized spacial score (nSPS) is 28.5. The summed E-state index contributed by atoms with van der Waals surface area (Å²) in [6.45, 7) is 1.60. The summed E-state index contributed by atoms with van der Waals surface area (Å²) < 4.78 is 6.25. The second-order valence-electron chi connectivity index (χ2n) is 4.15. The quantitative estimate of drug-likeness (QED) is 0.441. The monoisotopic (exact) mass is 351 g/mol. The molecule has 0 saturated carbocycles. The molecule has 4 nitrogen and oxygen atoms in total. The van der Waals surface area contributed by atoms with Crippen LogP contribution in [-0.4, -0.2) is 35.3 Å². The number of halogens is 2. The Bertz CT molecular complexity index is 381. The van der Waals surface area contributed by atoms with Gasteiger partial charge in [-0.1, -0.05) is 11.6 Å². The third-order valence-corrected chi connectivity index (χ3v) is 3.84. The van der Waals surface area contributed by atoms with Gasteiger partial charge < -0.3 is 9.64 Å². The molecule has 2 aliphatic heterocycles. The molecule has 3 heterocycles. The molecule has 0 aromatic carbocycles. The van der Waals surface area contributed by atoms with Gasteiger partial charge in [0.1, 0.15) is 11.0 Å². The van der Waals surface area contributed by atoms with Crippen molar-refractivity contribution < 1.29 is 4.74 Å². The zero-order valence-corrected chi connectivity index (χ0v) is 11.5. The van der Waals surface area contributed by atoms with Gasteiger partial charge in [-0.2, -0.15) is 0 Å². The number of aromatic nitrogens is 2. The van der Waals surface area contributed by atoms with E-state index in [0.29, 0.717) is 21.1 Å². The van der Waals surface area contributed by atoms with Crippen molar-refractivity contribution in [3.8, 4) is 0 Å². The van der Waals surface area contributed by atoms with Gasteiger partial charge in [-0.15, -0.1) is 0 Å². The van der Waals surface area contributed by atoms with Crippen molar-refractivity contribution in [1.82, 2.24) is 9.97 Å². The first kappa shape index (κ1) is 11.0. The topological polar surface area (TPSA) is 38.2 Å². The van der Waals surface area contributed by atoms with Gasteiger partial charge in [0, 0.05) is 28.7 Å². The minimum absolute atomic E-state index is 0.459. The van der Waals surface area contributed by atoms with E-state index in [2.05, 4.69) is 37.5 Å². The van der Waals surface area contributed by atoms with Gasteiger partial charge in [-0.3, -0.25) is 0 Å². The first-order valence-corrected chi connectivity index (χ1v) is 6.76. The number of fused-ring (bicyclic) bond motifs is 2. The highest BCUT2D eigenvalue weighted by Gasteiger charge is 2.38. The molecule has 2 aliphatic rings. The molecule has 0 aliphatic carbocycles. The van der Waals surface area contributed by atoms with Crippen LogP contribution in [0.15, 0.2) is 6.07 Å². The Labute approximate surface area is 112 Å². The average Bonchev–Trinajstić information content (AvgIpc) is 2.47. The zero-order chi connectivity index (χ0) is 11.1. The molecule has 0 amide bonds. The molecule has 1 aromatic heterocycles. The first-order valence-electron chi connectivity index (χ1n) is 5.30. The molecule has 16 heavy (non-hydrogen) atoms. The number of hydrogen-bond donors (Lipinski definition) is 0. The Morgan fingerprint density at radius 3 is 2.62 bits per heavy atom. The lowest BCUT2D eigenvalue weighted by molar-refractivity contribution is 0.0902. The second kappa shape index (κ2) is 4.27. The maximum Gasteiger partial charge on any atom is 0.194 e. The van der Waals surface area contributed by atoms with E-state index in [9.17, 15) is 0 Å². The third kappa shape index (κ3) is 1.89. The van der Waals surface area contributed by atoms with E-state index in [1.54, 1.807) is 0 Å². The molecular weight excluding hydrogens is 340 g/mol. The van der Waals surface area contributed by atoms with Crippen LogP contribution in [-0.2, 0) is 4.74 Å². The number of rotatable bonds is 1. The van der Waals surface area contributed by atoms with Gasteiger partial charge in [0.05, 0.1) is 25.3 Å². The number of morpholine rings is 1. The summed E-state index contributed by atoms with van der Waals surface area (Å²) >= 11 is 8.07. The summed E-state index contributed by atoms with van der Waals surface area (Å²) in [4.78, 5) is 10.9. The van der Waals surface area contributed by atoms with Crippen LogP contribution in [0.25, 0.3) is 0 Å². The highest BCUT2D eigenvalue weighted by molar-refractivity contribution is 14.1. The van der Waals surface area contributed by atoms with Crippen LogP contribution in [0.2, 0.25) is 5.15 Å². The van der Waals surface area contributed by atoms with Crippen molar-refractivity contribution in [3.63, 3.8) is 0 Å². The Morgan fingerprint density at radius 2 is 2.00 bits per heavy atom. The van der Waals surface area contributed by atoms with E-state index >= 15 is 0 Å². The molecule has 2 saturated heterocycles. The molecule has 2 unspecified atom stereocenters. The van der Waals surface area contributed by atoms with Crippen LogP contribution in [0.4, 0.5) is 5.82 Å². The van der Waals surface area contributed by atoms with Crippen LogP contribution in [0.3, 0.4) is 0 Å². The Kier molecular flexibility index (Phi) is 2.93. The highest BCUT2D eigenvalue weighted by atomic mass is 127. The van der Waals surface area contributed by atoms with Gasteiger partial charge in [0.2, 0.25) is 0 Å². The third-order valence-electron chi connectivity index (χ3n) is 3.16. The van der Waals surface area contributed by atoms with Crippen LogP contribution in [0.1, 0.15) is 12.8 Å². The fourth-order valence-corrected chi connectivity index (χ4v) is 3.34. The van der Waals surface area contributed by atoms with E-state index in [1.165, 1.54) is 12.8 Å². The summed E-state index contributed by atoms with van der Waals surface area (Å²) in [5.74, 6) is 0.945. The summed E-state index contributed by atoms with van der Waals surface area (Å²) in [5, 5.41) is 0.514. The molecule has 2 fully saturated rings. The van der Waals surface area contributed by atoms with Crippen molar-refractivity contribution in [2.75, 3.05) is 18.1 Å². The van der Waals surface area contributed by atoms with E-state index < -0.39 is 0 Å². The van der Waals surface area contributed by atoms with Crippen LogP contribution in [0, 0.1) is 3.83 Å². The average molecular weight is 352 g/mol. The lowest BCUT2D eigenvalue weighted by Crippen LogP contribution is -2.46. The van der Waals surface area contributed by atoms with Crippen LogP contribution < -0.4 is 4.90 Å². The Balaban J connectivity index is 1.97. The number of ether oxygens (including phenoxy) is 1.